The Morgan fingerprint density at radius 3 is 1.17 bits per heavy atom. The predicted molar refractivity (Wildman–Crippen MR) is 13.6 cm³/mol. The Labute approximate surface area is 48.5 Å². The first-order valence-electron chi connectivity index (χ1n) is 0.730. The van der Waals surface area contributed by atoms with Gasteiger partial charge in [0.05, 0.1) is 0 Å². The van der Waals surface area contributed by atoms with Crippen molar-refractivity contribution in [1.82, 2.24) is 0 Å². The minimum atomic E-state index is -5.88. The van der Waals surface area contributed by atoms with Crippen molar-refractivity contribution in [2.24, 2.45) is 0 Å². The van der Waals surface area contributed by atoms with Crippen LogP contribution in [0.5, 0.6) is 0 Å². The van der Waals surface area contributed by atoms with E-state index in [0.717, 1.165) is 0 Å². The SMILES string of the molecule is O=[As]([O-])([O-])[O-].[GeH+3]. The summed E-state index contributed by atoms with van der Waals surface area (Å²) < 4.78 is 34.4. The van der Waals surface area contributed by atoms with Crippen molar-refractivity contribution < 1.29 is 16.0 Å². The van der Waals surface area contributed by atoms with Crippen LogP contribution < -0.4 is 12.3 Å². The van der Waals surface area contributed by atoms with Crippen LogP contribution in [0.15, 0.2) is 0 Å². The summed E-state index contributed by atoms with van der Waals surface area (Å²) in [6, 6.07) is 0. The fourth-order valence-electron chi connectivity index (χ4n) is 0. The van der Waals surface area contributed by atoms with E-state index in [0.29, 0.717) is 0 Å². The van der Waals surface area contributed by atoms with Crippen LogP contribution in [0, 0.1) is 0 Å². The molecule has 0 aromatic carbocycles. The Balaban J connectivity index is 0. The zero-order valence-electron chi connectivity index (χ0n) is 2.66. The van der Waals surface area contributed by atoms with Crippen LogP contribution in [0.25, 0.3) is 0 Å². The molecule has 0 saturated heterocycles. The van der Waals surface area contributed by atoms with Crippen LogP contribution in [0.2, 0.25) is 0 Å². The second kappa shape index (κ2) is 2.87. The molecule has 0 aliphatic heterocycles. The summed E-state index contributed by atoms with van der Waals surface area (Å²) in [5.41, 5.74) is 0. The summed E-state index contributed by atoms with van der Waals surface area (Å²) in [6.45, 7) is 0. The predicted octanol–water partition coefficient (Wildman–Crippen LogP) is -4.72. The van der Waals surface area contributed by atoms with Crippen molar-refractivity contribution in [2.45, 2.75) is 0 Å². The molecule has 0 aromatic heterocycles. The van der Waals surface area contributed by atoms with Crippen molar-refractivity contribution in [3.05, 3.63) is 0 Å². The van der Waals surface area contributed by atoms with E-state index in [4.69, 9.17) is 16.0 Å². The van der Waals surface area contributed by atoms with E-state index in [1.807, 2.05) is 0 Å². The normalized spacial score (nSPS) is 9.83. The molecule has 0 radical (unpaired) electrons. The number of hydrogen-bond donors (Lipinski definition) is 0. The molecule has 4 nitrogen and oxygen atoms in total. The van der Waals surface area contributed by atoms with E-state index < -0.39 is 14.5 Å². The molecule has 6 heavy (non-hydrogen) atoms. The fraction of sp³-hybridized carbons (Fsp3) is 0. The molecular formula is HAsGeO4. The van der Waals surface area contributed by atoms with E-state index in [1.54, 1.807) is 0 Å². The summed E-state index contributed by atoms with van der Waals surface area (Å²) in [7, 11) is 0. The molecule has 6 heteroatoms. The minimum absolute atomic E-state index is 0. The average molecular weight is 213 g/mol. The Hall–Kier alpha value is 0.781. The Kier molecular flexibility index (Phi) is 4.75. The quantitative estimate of drug-likeness (QED) is 0.378. The summed E-state index contributed by atoms with van der Waals surface area (Å²) in [4.78, 5) is 0. The van der Waals surface area contributed by atoms with Crippen LogP contribution >= 0.6 is 0 Å². The molecular weight excluding hydrogens is 212 g/mol. The third-order valence-corrected chi connectivity index (χ3v) is 0. The third kappa shape index (κ3) is 112. The van der Waals surface area contributed by atoms with Crippen LogP contribution in [-0.4, -0.2) is 32.1 Å². The Morgan fingerprint density at radius 1 is 1.17 bits per heavy atom. The van der Waals surface area contributed by atoms with Gasteiger partial charge in [0, 0.05) is 0 Å². The third-order valence-electron chi connectivity index (χ3n) is 0. The van der Waals surface area contributed by atoms with Crippen molar-refractivity contribution >= 4 is 32.1 Å². The maximum absolute atomic E-state index is 8.61. The average Bonchev–Trinajstić information content (AvgIpc) is 0.722. The summed E-state index contributed by atoms with van der Waals surface area (Å²) >= 11 is -5.88. The van der Waals surface area contributed by atoms with Crippen LogP contribution in [0.1, 0.15) is 0 Å². The molecule has 0 N–H and O–H groups in total. The van der Waals surface area contributed by atoms with Gasteiger partial charge in [0.15, 0.2) is 0 Å². The van der Waals surface area contributed by atoms with E-state index in [1.165, 1.54) is 0 Å². The summed E-state index contributed by atoms with van der Waals surface area (Å²) in [5.74, 6) is 0. The molecule has 0 aliphatic carbocycles. The number of rotatable bonds is 0. The second-order valence-corrected chi connectivity index (χ2v) is 2.32. The van der Waals surface area contributed by atoms with Crippen molar-refractivity contribution in [1.29, 1.82) is 0 Å². The first kappa shape index (κ1) is 9.91. The zero-order valence-corrected chi connectivity index (χ0v) is 6.96. The molecule has 0 bridgehead atoms. The van der Waals surface area contributed by atoms with Gasteiger partial charge < -0.3 is 0 Å². The van der Waals surface area contributed by atoms with Gasteiger partial charge in [0.2, 0.25) is 0 Å². The monoisotopic (exact) mass is 214 g/mol. The van der Waals surface area contributed by atoms with E-state index in [-0.39, 0.29) is 17.6 Å². The number of hydrogen-bond acceptors (Lipinski definition) is 4. The van der Waals surface area contributed by atoms with Gasteiger partial charge in [0.25, 0.3) is 0 Å². The Morgan fingerprint density at radius 2 is 1.17 bits per heavy atom. The van der Waals surface area contributed by atoms with Gasteiger partial charge >= 0.3 is 48.1 Å². The van der Waals surface area contributed by atoms with Gasteiger partial charge in [-0.15, -0.1) is 0 Å². The molecule has 0 unspecified atom stereocenters. The molecule has 34 valence electrons. The summed E-state index contributed by atoms with van der Waals surface area (Å²) in [6.07, 6.45) is 0. The van der Waals surface area contributed by atoms with Crippen LogP contribution in [0.3, 0.4) is 0 Å². The van der Waals surface area contributed by atoms with Crippen LogP contribution in [0.4, 0.5) is 0 Å². The standard InChI is InChI=1S/AsH3O4.GeH/c2-1(3,4)5;/h(H3,2,3,4,5);1H/q;+3/p-3. The molecule has 0 amide bonds. The van der Waals surface area contributed by atoms with E-state index >= 15 is 0 Å². The van der Waals surface area contributed by atoms with Gasteiger partial charge in [-0.25, -0.2) is 0 Å². The fourth-order valence-corrected chi connectivity index (χ4v) is 0. The van der Waals surface area contributed by atoms with E-state index in [2.05, 4.69) is 0 Å². The first-order chi connectivity index (χ1) is 2.00. The van der Waals surface area contributed by atoms with Crippen molar-refractivity contribution in [2.75, 3.05) is 0 Å². The van der Waals surface area contributed by atoms with Gasteiger partial charge in [-0.2, -0.15) is 0 Å². The summed E-state index contributed by atoms with van der Waals surface area (Å²) in [5, 5.41) is 0. The topological polar surface area (TPSA) is 86.2 Å². The molecule has 0 fully saturated rings. The molecule has 0 rings (SSSR count). The maximum atomic E-state index is 8.61. The Bertz CT molecular complexity index is 53.7. The molecule has 0 heterocycles. The second-order valence-electron chi connectivity index (χ2n) is 0.447. The van der Waals surface area contributed by atoms with Gasteiger partial charge in [0.1, 0.15) is 0 Å². The molecule has 0 spiro atoms. The van der Waals surface area contributed by atoms with E-state index in [9.17, 15) is 0 Å². The van der Waals surface area contributed by atoms with Gasteiger partial charge in [-0.3, -0.25) is 0 Å². The molecule has 0 aromatic rings. The van der Waals surface area contributed by atoms with Crippen molar-refractivity contribution in [3.8, 4) is 0 Å². The van der Waals surface area contributed by atoms with Gasteiger partial charge in [-0.1, -0.05) is 0 Å². The van der Waals surface area contributed by atoms with Crippen LogP contribution in [-0.2, 0) is 3.74 Å². The zero-order chi connectivity index (χ0) is 4.50. The van der Waals surface area contributed by atoms with Gasteiger partial charge in [-0.05, 0) is 0 Å². The molecule has 0 saturated carbocycles. The molecule has 0 atom stereocenters. The first-order valence-corrected chi connectivity index (χ1v) is 3.79. The van der Waals surface area contributed by atoms with Crippen molar-refractivity contribution in [3.63, 3.8) is 0 Å². The molecule has 0 aliphatic rings.